The van der Waals surface area contributed by atoms with E-state index >= 15 is 0 Å². The van der Waals surface area contributed by atoms with Crippen LogP contribution in [0.15, 0.2) is 36.5 Å². The first-order valence-electron chi connectivity index (χ1n) is 13.7. The van der Waals surface area contributed by atoms with Crippen molar-refractivity contribution in [1.82, 2.24) is 10.3 Å². The van der Waals surface area contributed by atoms with Crippen LogP contribution in [-0.2, 0) is 16.1 Å². The molecule has 0 unspecified atom stereocenters. The number of anilines is 4. The fourth-order valence-electron chi connectivity index (χ4n) is 6.73. The topological polar surface area (TPSA) is 69.7 Å². The number of pyridine rings is 1. The average Bonchev–Trinajstić information content (AvgIpc) is 3.46. The number of fused-ring (bicyclic) bond motifs is 4. The van der Waals surface area contributed by atoms with E-state index in [4.69, 9.17) is 4.74 Å². The number of alkyl halides is 3. The molecule has 2 atom stereocenters. The van der Waals surface area contributed by atoms with Gasteiger partial charge in [-0.1, -0.05) is 6.07 Å². The van der Waals surface area contributed by atoms with Crippen molar-refractivity contribution in [3.63, 3.8) is 0 Å². The number of carbonyl (C=O) groups is 1. The zero-order valence-corrected chi connectivity index (χ0v) is 21.1. The Morgan fingerprint density at radius 3 is 2.66 bits per heavy atom. The van der Waals surface area contributed by atoms with E-state index < -0.39 is 11.7 Å². The molecule has 2 aliphatic carbocycles. The predicted molar refractivity (Wildman–Crippen MR) is 138 cm³/mol. The molecule has 38 heavy (non-hydrogen) atoms. The normalized spacial score (nSPS) is 29.3. The summed E-state index contributed by atoms with van der Waals surface area (Å²) in [7, 11) is 0. The fourth-order valence-corrected chi connectivity index (χ4v) is 6.73. The van der Waals surface area contributed by atoms with Gasteiger partial charge < -0.3 is 25.2 Å². The first kappa shape index (κ1) is 24.2. The molecule has 0 radical (unpaired) electrons. The lowest BCUT2D eigenvalue weighted by Gasteiger charge is -2.35. The monoisotopic (exact) mass is 527 g/mol. The van der Waals surface area contributed by atoms with E-state index in [1.54, 1.807) is 6.20 Å². The van der Waals surface area contributed by atoms with Crippen molar-refractivity contribution in [3.8, 4) is 0 Å². The minimum absolute atomic E-state index is 0.0311. The highest BCUT2D eigenvalue weighted by Crippen LogP contribution is 2.50. The standard InChI is InChI=1S/C28H32F3N5O2/c29-28(30,31)27(9-10-27)34-19-5-3-17(4-6-19)26(37)36-14-18-2-1-11-32-25(18)33-23-8-7-20(13-24(23)36)35-15-22-12-21(35)16-38-22/h1-2,7-8,11,13,17,19,21-22,34H,3-6,9-10,12,14-16H2,(H,32,33)/t17?,19?,21-,22-/m1/s1. The summed E-state index contributed by atoms with van der Waals surface area (Å²) in [6.45, 7) is 1.98. The maximum Gasteiger partial charge on any atom is 0.406 e. The largest absolute Gasteiger partial charge is 0.406 e. The molecule has 2 saturated heterocycles. The van der Waals surface area contributed by atoms with Gasteiger partial charge in [-0.2, -0.15) is 13.2 Å². The molecule has 2 bridgehead atoms. The van der Waals surface area contributed by atoms with Crippen molar-refractivity contribution in [2.24, 2.45) is 5.92 Å². The Kier molecular flexibility index (Phi) is 5.63. The predicted octanol–water partition coefficient (Wildman–Crippen LogP) is 4.89. The molecule has 1 amide bonds. The Hall–Kier alpha value is -2.85. The third kappa shape index (κ3) is 4.12. The Morgan fingerprint density at radius 1 is 1.16 bits per heavy atom. The van der Waals surface area contributed by atoms with Gasteiger partial charge in [-0.25, -0.2) is 4.98 Å². The van der Waals surface area contributed by atoms with Crippen molar-refractivity contribution in [2.45, 2.75) is 81.4 Å². The number of aromatic nitrogens is 1. The van der Waals surface area contributed by atoms with Crippen LogP contribution in [0.5, 0.6) is 0 Å². The molecule has 202 valence electrons. The molecule has 7 nitrogen and oxygen atoms in total. The number of morpholine rings is 1. The van der Waals surface area contributed by atoms with E-state index in [0.29, 0.717) is 38.3 Å². The number of amides is 1. The second-order valence-corrected chi connectivity index (χ2v) is 11.5. The molecule has 2 N–H and O–H groups in total. The Labute approximate surface area is 219 Å². The van der Waals surface area contributed by atoms with Gasteiger partial charge in [0, 0.05) is 36.0 Å². The lowest BCUT2D eigenvalue weighted by molar-refractivity contribution is -0.168. The van der Waals surface area contributed by atoms with Gasteiger partial charge in [-0.05, 0) is 69.2 Å². The van der Waals surface area contributed by atoms with Crippen LogP contribution in [0, 0.1) is 5.92 Å². The van der Waals surface area contributed by atoms with E-state index in [9.17, 15) is 18.0 Å². The number of nitrogens with one attached hydrogen (secondary N) is 2. The molecular weight excluding hydrogens is 495 g/mol. The van der Waals surface area contributed by atoms with Gasteiger partial charge in [-0.15, -0.1) is 0 Å². The van der Waals surface area contributed by atoms with Crippen LogP contribution in [0.4, 0.5) is 36.1 Å². The fraction of sp³-hybridized carbons (Fsp3) is 0.571. The van der Waals surface area contributed by atoms with Crippen LogP contribution in [0.2, 0.25) is 0 Å². The summed E-state index contributed by atoms with van der Waals surface area (Å²) >= 11 is 0. The maximum atomic E-state index is 14.0. The van der Waals surface area contributed by atoms with Crippen LogP contribution >= 0.6 is 0 Å². The molecule has 1 aromatic carbocycles. The molecular formula is C28H32F3N5O2. The van der Waals surface area contributed by atoms with Gasteiger partial charge in [0.25, 0.3) is 0 Å². The molecule has 10 heteroatoms. The zero-order valence-electron chi connectivity index (χ0n) is 21.1. The van der Waals surface area contributed by atoms with Gasteiger partial charge in [0.15, 0.2) is 0 Å². The van der Waals surface area contributed by atoms with E-state index in [2.05, 4.69) is 32.7 Å². The summed E-state index contributed by atoms with van der Waals surface area (Å²) in [4.78, 5) is 22.8. The molecule has 2 saturated carbocycles. The Morgan fingerprint density at radius 2 is 1.97 bits per heavy atom. The van der Waals surface area contributed by atoms with Gasteiger partial charge in [0.05, 0.1) is 36.7 Å². The number of halogens is 3. The Balaban J connectivity index is 1.13. The van der Waals surface area contributed by atoms with Crippen molar-refractivity contribution in [1.29, 1.82) is 0 Å². The van der Waals surface area contributed by atoms with Gasteiger partial charge in [0.2, 0.25) is 5.91 Å². The number of ether oxygens (including phenoxy) is 1. The first-order chi connectivity index (χ1) is 18.3. The number of benzene rings is 1. The minimum Gasteiger partial charge on any atom is -0.374 e. The summed E-state index contributed by atoms with van der Waals surface area (Å²) in [5.74, 6) is 0.545. The van der Waals surface area contributed by atoms with E-state index in [-0.39, 0.29) is 36.8 Å². The van der Waals surface area contributed by atoms with E-state index in [0.717, 1.165) is 48.0 Å². The van der Waals surface area contributed by atoms with E-state index in [1.807, 2.05) is 23.1 Å². The zero-order chi connectivity index (χ0) is 26.1. The first-order valence-corrected chi connectivity index (χ1v) is 13.7. The quantitative estimate of drug-likeness (QED) is 0.590. The maximum absolute atomic E-state index is 14.0. The number of hydrogen-bond acceptors (Lipinski definition) is 6. The molecule has 3 aliphatic heterocycles. The number of hydrogen-bond donors (Lipinski definition) is 2. The molecule has 4 fully saturated rings. The van der Waals surface area contributed by atoms with Crippen molar-refractivity contribution in [2.75, 3.05) is 28.3 Å². The third-order valence-electron chi connectivity index (χ3n) is 9.09. The van der Waals surface area contributed by atoms with Gasteiger partial charge >= 0.3 is 6.18 Å². The van der Waals surface area contributed by atoms with Crippen LogP contribution in [0.25, 0.3) is 0 Å². The summed E-state index contributed by atoms with van der Waals surface area (Å²) in [5, 5.41) is 6.32. The highest BCUT2D eigenvalue weighted by Gasteiger charge is 2.63. The highest BCUT2D eigenvalue weighted by atomic mass is 19.4. The van der Waals surface area contributed by atoms with Crippen molar-refractivity contribution < 1.29 is 22.7 Å². The van der Waals surface area contributed by atoms with E-state index in [1.165, 1.54) is 0 Å². The molecule has 0 spiro atoms. The van der Waals surface area contributed by atoms with Gasteiger partial charge in [0.1, 0.15) is 11.4 Å². The molecule has 2 aromatic rings. The number of nitrogens with zero attached hydrogens (tertiary/aromatic N) is 3. The van der Waals surface area contributed by atoms with Crippen LogP contribution in [0.3, 0.4) is 0 Å². The van der Waals surface area contributed by atoms with Crippen molar-refractivity contribution in [3.05, 3.63) is 42.1 Å². The lowest BCUT2D eigenvalue weighted by atomic mass is 9.84. The second-order valence-electron chi connectivity index (χ2n) is 11.5. The highest BCUT2D eigenvalue weighted by molar-refractivity contribution is 6.00. The SMILES string of the molecule is O=C(C1CCC(NC2(C(F)(F)F)CC2)CC1)N1Cc2cccnc2Nc2ccc(N3C[C@H]4C[C@@H]3CO4)cc21. The number of rotatable bonds is 4. The summed E-state index contributed by atoms with van der Waals surface area (Å²) in [5.41, 5.74) is 1.95. The molecule has 4 heterocycles. The van der Waals surface area contributed by atoms with Crippen LogP contribution < -0.4 is 20.4 Å². The van der Waals surface area contributed by atoms with Gasteiger partial charge in [-0.3, -0.25) is 4.79 Å². The van der Waals surface area contributed by atoms with Crippen molar-refractivity contribution >= 4 is 28.8 Å². The third-order valence-corrected chi connectivity index (χ3v) is 9.09. The second kappa shape index (κ2) is 8.84. The lowest BCUT2D eigenvalue weighted by Crippen LogP contribution is -2.51. The minimum atomic E-state index is -4.22. The smallest absolute Gasteiger partial charge is 0.374 e. The van der Waals surface area contributed by atoms with Crippen LogP contribution in [-0.4, -0.2) is 53.9 Å². The Bertz CT molecular complexity index is 1240. The molecule has 7 rings (SSSR count). The molecule has 1 aromatic heterocycles. The van der Waals surface area contributed by atoms with Crippen LogP contribution in [0.1, 0.15) is 50.5 Å². The molecule has 5 aliphatic rings. The summed E-state index contributed by atoms with van der Waals surface area (Å²) in [6, 6.07) is 10.2. The summed E-state index contributed by atoms with van der Waals surface area (Å²) in [6.07, 6.45) is 1.40. The summed E-state index contributed by atoms with van der Waals surface area (Å²) < 4.78 is 46.1. The average molecular weight is 528 g/mol. The number of carbonyl (C=O) groups excluding carboxylic acids is 1.